The number of hydrogen-bond donors (Lipinski definition) is 0. The molecule has 1 fully saturated rings. The van der Waals surface area contributed by atoms with E-state index in [0.29, 0.717) is 0 Å². The van der Waals surface area contributed by atoms with Gasteiger partial charge in [0.1, 0.15) is 0 Å². The first-order valence-electron chi connectivity index (χ1n) is 6.16. The summed E-state index contributed by atoms with van der Waals surface area (Å²) >= 11 is 0. The number of anilines is 1. The van der Waals surface area contributed by atoms with Crippen LogP contribution in [0.5, 0.6) is 0 Å². The van der Waals surface area contributed by atoms with Crippen LogP contribution in [0.25, 0.3) is 0 Å². The molecule has 2 rings (SSSR count). The molecular weight excluding hydrogens is 210 g/mol. The Labute approximate surface area is 103 Å². The Balaban J connectivity index is 2.01. The van der Waals surface area contributed by atoms with Gasteiger partial charge in [0.05, 0.1) is 12.1 Å². The van der Waals surface area contributed by atoms with Crippen LogP contribution in [0.4, 0.5) is 5.69 Å². The lowest BCUT2D eigenvalue weighted by Gasteiger charge is -2.37. The fourth-order valence-corrected chi connectivity index (χ4v) is 2.35. The Morgan fingerprint density at radius 2 is 1.82 bits per heavy atom. The molecule has 3 heteroatoms. The number of piperazine rings is 1. The van der Waals surface area contributed by atoms with E-state index in [0.717, 1.165) is 26.2 Å². The van der Waals surface area contributed by atoms with Crippen molar-refractivity contribution in [3.63, 3.8) is 0 Å². The molecule has 0 aromatic heterocycles. The van der Waals surface area contributed by atoms with Crippen LogP contribution < -0.4 is 4.90 Å². The monoisotopic (exact) mass is 229 g/mol. The minimum absolute atomic E-state index is 0.0361. The Kier molecular flexibility index (Phi) is 3.65. The molecule has 1 aromatic carbocycles. The highest BCUT2D eigenvalue weighted by Gasteiger charge is 2.21. The summed E-state index contributed by atoms with van der Waals surface area (Å²) in [7, 11) is 0. The quantitative estimate of drug-likeness (QED) is 0.777. The number of nitrogens with zero attached hydrogens (tertiary/aromatic N) is 3. The van der Waals surface area contributed by atoms with Crippen LogP contribution in [0.3, 0.4) is 0 Å². The molecule has 0 unspecified atom stereocenters. The summed E-state index contributed by atoms with van der Waals surface area (Å²) in [6, 6.07) is 10.8. The minimum atomic E-state index is 0.0361. The zero-order valence-electron chi connectivity index (χ0n) is 10.6. The molecule has 1 saturated heterocycles. The second kappa shape index (κ2) is 5.20. The van der Waals surface area contributed by atoms with E-state index in [-0.39, 0.29) is 6.04 Å². The first kappa shape index (κ1) is 11.9. The van der Waals surface area contributed by atoms with Crippen molar-refractivity contribution in [2.75, 3.05) is 31.1 Å². The zero-order chi connectivity index (χ0) is 12.3. The summed E-state index contributed by atoms with van der Waals surface area (Å²) in [6.45, 7) is 8.10. The van der Waals surface area contributed by atoms with Gasteiger partial charge in [0.2, 0.25) is 0 Å². The lowest BCUT2D eigenvalue weighted by atomic mass is 10.1. The van der Waals surface area contributed by atoms with Gasteiger partial charge < -0.3 is 4.90 Å². The van der Waals surface area contributed by atoms with Crippen molar-refractivity contribution in [1.29, 1.82) is 5.26 Å². The Bertz CT molecular complexity index is 414. The van der Waals surface area contributed by atoms with Crippen molar-refractivity contribution in [3.05, 3.63) is 29.8 Å². The van der Waals surface area contributed by atoms with Gasteiger partial charge in [0.15, 0.2) is 0 Å². The molecule has 1 heterocycles. The molecule has 0 radical (unpaired) electrons. The SMILES string of the molecule is Cc1ccccc1N1CCN([C@@H](C)C#N)CC1. The standard InChI is InChI=1S/C14H19N3/c1-12-5-3-4-6-14(12)17-9-7-16(8-10-17)13(2)11-15/h3-6,13H,7-10H2,1-2H3/t13-/m0/s1. The van der Waals surface area contributed by atoms with Crippen molar-refractivity contribution in [2.24, 2.45) is 0 Å². The van der Waals surface area contributed by atoms with Crippen molar-refractivity contribution in [2.45, 2.75) is 19.9 Å². The van der Waals surface area contributed by atoms with Gasteiger partial charge in [-0.1, -0.05) is 18.2 Å². The van der Waals surface area contributed by atoms with E-state index in [1.807, 2.05) is 6.92 Å². The van der Waals surface area contributed by atoms with E-state index in [4.69, 9.17) is 5.26 Å². The van der Waals surface area contributed by atoms with Crippen molar-refractivity contribution >= 4 is 5.69 Å². The summed E-state index contributed by atoms with van der Waals surface area (Å²) in [5.41, 5.74) is 2.66. The number of nitriles is 1. The molecule has 0 bridgehead atoms. The van der Waals surface area contributed by atoms with Crippen molar-refractivity contribution in [3.8, 4) is 6.07 Å². The summed E-state index contributed by atoms with van der Waals surface area (Å²) in [6.07, 6.45) is 0. The third-order valence-corrected chi connectivity index (χ3v) is 3.50. The first-order chi connectivity index (χ1) is 8.22. The maximum Gasteiger partial charge on any atom is 0.0950 e. The molecule has 3 nitrogen and oxygen atoms in total. The number of benzene rings is 1. The molecule has 90 valence electrons. The van der Waals surface area contributed by atoms with Crippen LogP contribution in [-0.4, -0.2) is 37.1 Å². The number of aryl methyl sites for hydroxylation is 1. The molecule has 1 aromatic rings. The highest BCUT2D eigenvalue weighted by Crippen LogP contribution is 2.21. The fourth-order valence-electron chi connectivity index (χ4n) is 2.35. The third-order valence-electron chi connectivity index (χ3n) is 3.50. The normalized spacial score (nSPS) is 18.8. The number of hydrogen-bond acceptors (Lipinski definition) is 3. The van der Waals surface area contributed by atoms with Gasteiger partial charge in [-0.25, -0.2) is 0 Å². The number of rotatable bonds is 2. The molecule has 1 atom stereocenters. The predicted octanol–water partition coefficient (Wildman–Crippen LogP) is 2.03. The average molecular weight is 229 g/mol. The molecule has 0 aliphatic carbocycles. The summed E-state index contributed by atoms with van der Waals surface area (Å²) in [5, 5.41) is 8.91. The highest BCUT2D eigenvalue weighted by atomic mass is 15.3. The Hall–Kier alpha value is -1.53. The zero-order valence-corrected chi connectivity index (χ0v) is 10.6. The van der Waals surface area contributed by atoms with Crippen LogP contribution in [0, 0.1) is 18.3 Å². The highest BCUT2D eigenvalue weighted by molar-refractivity contribution is 5.53. The van der Waals surface area contributed by atoms with Crippen molar-refractivity contribution < 1.29 is 0 Å². The topological polar surface area (TPSA) is 30.3 Å². The smallest absolute Gasteiger partial charge is 0.0950 e. The van der Waals surface area contributed by atoms with Crippen LogP contribution in [0.15, 0.2) is 24.3 Å². The van der Waals surface area contributed by atoms with Crippen LogP contribution in [-0.2, 0) is 0 Å². The molecule has 17 heavy (non-hydrogen) atoms. The van der Waals surface area contributed by atoms with E-state index in [9.17, 15) is 0 Å². The Morgan fingerprint density at radius 3 is 2.41 bits per heavy atom. The molecule has 0 amide bonds. The van der Waals surface area contributed by atoms with Gasteiger partial charge in [-0.05, 0) is 25.5 Å². The summed E-state index contributed by atoms with van der Waals surface area (Å²) in [4.78, 5) is 4.66. The lowest BCUT2D eigenvalue weighted by molar-refractivity contribution is 0.231. The molecule has 1 aliphatic rings. The molecule has 0 N–H and O–H groups in total. The van der Waals surface area contributed by atoms with E-state index in [1.165, 1.54) is 11.3 Å². The van der Waals surface area contributed by atoms with Crippen LogP contribution in [0.1, 0.15) is 12.5 Å². The van der Waals surface area contributed by atoms with Gasteiger partial charge in [-0.3, -0.25) is 4.90 Å². The molecular formula is C14H19N3. The van der Waals surface area contributed by atoms with E-state index in [1.54, 1.807) is 0 Å². The minimum Gasteiger partial charge on any atom is -0.369 e. The van der Waals surface area contributed by atoms with Gasteiger partial charge in [-0.15, -0.1) is 0 Å². The van der Waals surface area contributed by atoms with E-state index in [2.05, 4.69) is 47.1 Å². The van der Waals surface area contributed by atoms with Gasteiger partial charge in [0.25, 0.3) is 0 Å². The lowest BCUT2D eigenvalue weighted by Crippen LogP contribution is -2.49. The molecule has 1 aliphatic heterocycles. The number of para-hydroxylation sites is 1. The Morgan fingerprint density at radius 1 is 1.18 bits per heavy atom. The molecule has 0 saturated carbocycles. The van der Waals surface area contributed by atoms with Gasteiger partial charge in [-0.2, -0.15) is 5.26 Å². The largest absolute Gasteiger partial charge is 0.369 e. The fraction of sp³-hybridized carbons (Fsp3) is 0.500. The predicted molar refractivity (Wildman–Crippen MR) is 70.0 cm³/mol. The van der Waals surface area contributed by atoms with E-state index >= 15 is 0 Å². The second-order valence-electron chi connectivity index (χ2n) is 4.61. The van der Waals surface area contributed by atoms with Crippen LogP contribution >= 0.6 is 0 Å². The third kappa shape index (κ3) is 2.59. The second-order valence-corrected chi connectivity index (χ2v) is 4.61. The van der Waals surface area contributed by atoms with Gasteiger partial charge in [0, 0.05) is 31.9 Å². The van der Waals surface area contributed by atoms with Crippen LogP contribution in [0.2, 0.25) is 0 Å². The first-order valence-corrected chi connectivity index (χ1v) is 6.16. The maximum absolute atomic E-state index is 8.91. The average Bonchev–Trinajstić information content (AvgIpc) is 2.39. The van der Waals surface area contributed by atoms with Gasteiger partial charge >= 0.3 is 0 Å². The maximum atomic E-state index is 8.91. The van der Waals surface area contributed by atoms with Crippen molar-refractivity contribution in [1.82, 2.24) is 4.90 Å². The summed E-state index contributed by atoms with van der Waals surface area (Å²) < 4.78 is 0. The summed E-state index contributed by atoms with van der Waals surface area (Å²) in [5.74, 6) is 0. The molecule has 0 spiro atoms. The van der Waals surface area contributed by atoms with E-state index < -0.39 is 0 Å².